The molecule has 0 aliphatic carbocycles. The first-order valence-electron chi connectivity index (χ1n) is 5.42. The van der Waals surface area contributed by atoms with Crippen LogP contribution in [-0.2, 0) is 0 Å². The Bertz CT molecular complexity index is 157. The number of thioether (sulfide) groups is 1. The summed E-state index contributed by atoms with van der Waals surface area (Å²) in [6.07, 6.45) is 2.72. The average molecular weight is 200 g/mol. The quantitative estimate of drug-likeness (QED) is 0.684. The summed E-state index contributed by atoms with van der Waals surface area (Å²) in [4.78, 5) is 2.71. The lowest BCUT2D eigenvalue weighted by Crippen LogP contribution is -2.48. The molecule has 0 saturated carbocycles. The molecule has 0 aromatic heterocycles. The van der Waals surface area contributed by atoms with E-state index in [0.717, 1.165) is 11.3 Å². The number of piperidine rings is 1. The zero-order valence-electron chi connectivity index (χ0n) is 8.46. The minimum atomic E-state index is 0.851. The smallest absolute Gasteiger partial charge is 0.0147 e. The largest absolute Gasteiger partial charge is 0.317 e. The van der Waals surface area contributed by atoms with Crippen LogP contribution in [0.1, 0.15) is 19.8 Å². The van der Waals surface area contributed by atoms with Crippen LogP contribution in [0.3, 0.4) is 0 Å². The molecule has 0 aromatic carbocycles. The summed E-state index contributed by atoms with van der Waals surface area (Å²) in [5.41, 5.74) is 0. The lowest BCUT2D eigenvalue weighted by molar-refractivity contribution is 0.169. The maximum Gasteiger partial charge on any atom is 0.0147 e. The fraction of sp³-hybridized carbons (Fsp3) is 1.00. The first-order chi connectivity index (χ1) is 6.36. The molecular formula is C10H20N2S. The van der Waals surface area contributed by atoms with Gasteiger partial charge in [0, 0.05) is 30.1 Å². The highest BCUT2D eigenvalue weighted by Crippen LogP contribution is 2.22. The van der Waals surface area contributed by atoms with E-state index in [2.05, 4.69) is 28.9 Å². The summed E-state index contributed by atoms with van der Waals surface area (Å²) in [6.45, 7) is 7.44. The maximum atomic E-state index is 3.43. The topological polar surface area (TPSA) is 15.3 Å². The van der Waals surface area contributed by atoms with Crippen molar-refractivity contribution in [3.63, 3.8) is 0 Å². The normalized spacial score (nSPS) is 33.5. The molecular weight excluding hydrogens is 180 g/mol. The number of nitrogens with one attached hydrogen (secondary N) is 1. The zero-order valence-corrected chi connectivity index (χ0v) is 9.28. The highest BCUT2D eigenvalue weighted by molar-refractivity contribution is 7.99. The van der Waals surface area contributed by atoms with Gasteiger partial charge in [0.25, 0.3) is 0 Å². The van der Waals surface area contributed by atoms with Gasteiger partial charge in [0.05, 0.1) is 0 Å². The number of nitrogens with zero attached hydrogens (tertiary/aromatic N) is 1. The summed E-state index contributed by atoms with van der Waals surface area (Å²) in [5, 5.41) is 4.28. The third-order valence-corrected chi connectivity index (χ3v) is 4.23. The number of rotatable bonds is 1. The predicted octanol–water partition coefficient (Wildman–Crippen LogP) is 1.18. The van der Waals surface area contributed by atoms with Gasteiger partial charge in [-0.1, -0.05) is 6.92 Å². The van der Waals surface area contributed by atoms with Crippen LogP contribution in [0.2, 0.25) is 0 Å². The van der Waals surface area contributed by atoms with Gasteiger partial charge in [0.2, 0.25) is 0 Å². The first-order valence-corrected chi connectivity index (χ1v) is 6.47. The van der Waals surface area contributed by atoms with E-state index in [9.17, 15) is 0 Å². The first kappa shape index (κ1) is 9.81. The monoisotopic (exact) mass is 200 g/mol. The fourth-order valence-corrected chi connectivity index (χ4v) is 3.39. The van der Waals surface area contributed by atoms with Crippen molar-refractivity contribution < 1.29 is 0 Å². The van der Waals surface area contributed by atoms with Crippen LogP contribution in [0.15, 0.2) is 0 Å². The van der Waals surface area contributed by atoms with E-state index in [0.29, 0.717) is 0 Å². The number of hydrogen-bond acceptors (Lipinski definition) is 3. The van der Waals surface area contributed by atoms with Crippen molar-refractivity contribution in [2.45, 2.75) is 31.1 Å². The molecule has 2 saturated heterocycles. The Hall–Kier alpha value is 0.270. The minimum Gasteiger partial charge on any atom is -0.317 e. The molecule has 0 spiro atoms. The molecule has 0 amide bonds. The molecule has 76 valence electrons. The second kappa shape index (κ2) is 4.67. The lowest BCUT2D eigenvalue weighted by Gasteiger charge is -2.39. The van der Waals surface area contributed by atoms with Crippen LogP contribution in [0, 0.1) is 0 Å². The van der Waals surface area contributed by atoms with Gasteiger partial charge in [-0.15, -0.1) is 0 Å². The van der Waals surface area contributed by atoms with Gasteiger partial charge >= 0.3 is 0 Å². The van der Waals surface area contributed by atoms with Crippen molar-refractivity contribution in [1.29, 1.82) is 0 Å². The highest BCUT2D eigenvalue weighted by atomic mass is 32.2. The minimum absolute atomic E-state index is 0.851. The van der Waals surface area contributed by atoms with Crippen LogP contribution >= 0.6 is 11.8 Å². The molecule has 2 aliphatic rings. The fourth-order valence-electron chi connectivity index (χ4n) is 2.35. The standard InChI is InChI=1S/C10H20N2S/c1-9-8-12(6-7-13-9)10-2-4-11-5-3-10/h9-11H,2-8H2,1H3. The highest BCUT2D eigenvalue weighted by Gasteiger charge is 2.24. The summed E-state index contributed by atoms with van der Waals surface area (Å²) in [6, 6.07) is 0.879. The van der Waals surface area contributed by atoms with E-state index in [1.54, 1.807) is 0 Å². The van der Waals surface area contributed by atoms with Crippen molar-refractivity contribution in [1.82, 2.24) is 10.2 Å². The van der Waals surface area contributed by atoms with E-state index < -0.39 is 0 Å². The molecule has 3 heteroatoms. The van der Waals surface area contributed by atoms with Crippen molar-refractivity contribution >= 4 is 11.8 Å². The average Bonchev–Trinajstić information content (AvgIpc) is 2.19. The van der Waals surface area contributed by atoms with Gasteiger partial charge in [-0.05, 0) is 25.9 Å². The Kier molecular flexibility index (Phi) is 3.52. The van der Waals surface area contributed by atoms with Crippen molar-refractivity contribution in [3.8, 4) is 0 Å². The Balaban J connectivity index is 1.83. The van der Waals surface area contributed by atoms with Crippen LogP contribution in [-0.4, -0.2) is 48.1 Å². The van der Waals surface area contributed by atoms with Gasteiger partial charge < -0.3 is 5.32 Å². The third kappa shape index (κ3) is 2.61. The van der Waals surface area contributed by atoms with Crippen LogP contribution in [0.4, 0.5) is 0 Å². The Morgan fingerprint density at radius 1 is 1.31 bits per heavy atom. The Morgan fingerprint density at radius 2 is 2.08 bits per heavy atom. The van der Waals surface area contributed by atoms with Crippen molar-refractivity contribution in [3.05, 3.63) is 0 Å². The van der Waals surface area contributed by atoms with Gasteiger partial charge in [-0.25, -0.2) is 0 Å². The van der Waals surface area contributed by atoms with Crippen molar-refractivity contribution in [2.75, 3.05) is 31.9 Å². The van der Waals surface area contributed by atoms with E-state index in [4.69, 9.17) is 0 Å². The van der Waals surface area contributed by atoms with Crippen LogP contribution in [0.25, 0.3) is 0 Å². The molecule has 1 N–H and O–H groups in total. The molecule has 0 radical (unpaired) electrons. The van der Waals surface area contributed by atoms with Gasteiger partial charge in [0.15, 0.2) is 0 Å². The van der Waals surface area contributed by atoms with Crippen LogP contribution in [0.5, 0.6) is 0 Å². The predicted molar refractivity (Wildman–Crippen MR) is 59.4 cm³/mol. The molecule has 2 heterocycles. The molecule has 0 bridgehead atoms. The molecule has 1 atom stereocenters. The summed E-state index contributed by atoms with van der Waals surface area (Å²) >= 11 is 2.13. The molecule has 13 heavy (non-hydrogen) atoms. The summed E-state index contributed by atoms with van der Waals surface area (Å²) in [7, 11) is 0. The molecule has 2 aliphatic heterocycles. The van der Waals surface area contributed by atoms with E-state index in [1.165, 1.54) is 44.8 Å². The zero-order chi connectivity index (χ0) is 9.10. The Morgan fingerprint density at radius 3 is 2.77 bits per heavy atom. The summed E-state index contributed by atoms with van der Waals surface area (Å²) in [5.74, 6) is 1.34. The third-order valence-electron chi connectivity index (χ3n) is 3.10. The van der Waals surface area contributed by atoms with E-state index in [-0.39, 0.29) is 0 Å². The van der Waals surface area contributed by atoms with E-state index >= 15 is 0 Å². The summed E-state index contributed by atoms with van der Waals surface area (Å²) < 4.78 is 0. The second-order valence-corrected chi connectivity index (χ2v) is 5.70. The second-order valence-electron chi connectivity index (χ2n) is 4.16. The van der Waals surface area contributed by atoms with Crippen LogP contribution < -0.4 is 5.32 Å². The Labute approximate surface area is 85.4 Å². The van der Waals surface area contributed by atoms with Gasteiger partial charge in [-0.2, -0.15) is 11.8 Å². The van der Waals surface area contributed by atoms with Crippen molar-refractivity contribution in [2.24, 2.45) is 0 Å². The molecule has 0 aromatic rings. The molecule has 1 unspecified atom stereocenters. The SMILES string of the molecule is CC1CN(C2CCNCC2)CCS1. The molecule has 2 nitrogen and oxygen atoms in total. The number of hydrogen-bond donors (Lipinski definition) is 1. The molecule has 2 fully saturated rings. The lowest BCUT2D eigenvalue weighted by atomic mass is 10.0. The van der Waals surface area contributed by atoms with E-state index in [1.807, 2.05) is 0 Å². The maximum absolute atomic E-state index is 3.43. The van der Waals surface area contributed by atoms with Gasteiger partial charge in [0.1, 0.15) is 0 Å². The van der Waals surface area contributed by atoms with Gasteiger partial charge in [-0.3, -0.25) is 4.90 Å². The molecule has 2 rings (SSSR count).